The summed E-state index contributed by atoms with van der Waals surface area (Å²) in [6.07, 6.45) is 2.30. The van der Waals surface area contributed by atoms with Crippen LogP contribution >= 0.6 is 27.5 Å². The van der Waals surface area contributed by atoms with Crippen LogP contribution in [0.3, 0.4) is 0 Å². The molecule has 0 aromatic heterocycles. The number of hydrogen-bond acceptors (Lipinski definition) is 2. The lowest BCUT2D eigenvalue weighted by molar-refractivity contribution is 0.0539. The maximum absolute atomic E-state index is 12.4. The number of hydrogen-bond donors (Lipinski definition) is 0. The number of carbonyl (C=O) groups is 1. The smallest absolute Gasteiger partial charge is 0.253 e. The fourth-order valence-electron chi connectivity index (χ4n) is 2.20. The maximum Gasteiger partial charge on any atom is 0.253 e. The van der Waals surface area contributed by atoms with Gasteiger partial charge in [0.1, 0.15) is 0 Å². The monoisotopic (exact) mass is 345 g/mol. The molecule has 1 aliphatic rings. The molecule has 2 rings (SSSR count). The number of rotatable bonds is 4. The molecule has 1 heterocycles. The fourth-order valence-corrected chi connectivity index (χ4v) is 2.70. The molecule has 104 valence electrons. The average molecular weight is 347 g/mol. The summed E-state index contributed by atoms with van der Waals surface area (Å²) in [4.78, 5) is 14.3. The van der Waals surface area contributed by atoms with Crippen LogP contribution < -0.4 is 0 Å². The van der Waals surface area contributed by atoms with Crippen molar-refractivity contribution in [2.75, 3.05) is 19.7 Å². The van der Waals surface area contributed by atoms with Gasteiger partial charge in [0.15, 0.2) is 0 Å². The molecule has 1 aromatic rings. The number of ether oxygens (including phenoxy) is 1. The average Bonchev–Trinajstić information content (AvgIpc) is 2.91. The van der Waals surface area contributed by atoms with Gasteiger partial charge in [-0.15, -0.1) is 0 Å². The van der Waals surface area contributed by atoms with Crippen molar-refractivity contribution < 1.29 is 9.53 Å². The van der Waals surface area contributed by atoms with Crippen molar-refractivity contribution in [2.45, 2.75) is 25.9 Å². The summed E-state index contributed by atoms with van der Waals surface area (Å²) in [5.41, 5.74) is 0.649. The Kier molecular flexibility index (Phi) is 5.25. The number of benzene rings is 1. The lowest BCUT2D eigenvalue weighted by Crippen LogP contribution is -2.37. The molecule has 1 aromatic carbocycles. The van der Waals surface area contributed by atoms with Gasteiger partial charge in [0.25, 0.3) is 5.91 Å². The molecular formula is C14H17BrClNO2. The normalized spacial score (nSPS) is 18.6. The molecule has 0 spiro atoms. The third kappa shape index (κ3) is 3.71. The van der Waals surface area contributed by atoms with Gasteiger partial charge in [-0.05, 0) is 53.9 Å². The molecule has 0 saturated carbocycles. The third-order valence-electron chi connectivity index (χ3n) is 3.28. The molecule has 0 aliphatic carbocycles. The highest BCUT2D eigenvalue weighted by atomic mass is 79.9. The lowest BCUT2D eigenvalue weighted by atomic mass is 10.1. The van der Waals surface area contributed by atoms with Crippen molar-refractivity contribution in [1.29, 1.82) is 0 Å². The van der Waals surface area contributed by atoms with Crippen molar-refractivity contribution >= 4 is 33.4 Å². The van der Waals surface area contributed by atoms with E-state index in [1.807, 2.05) is 11.8 Å². The van der Waals surface area contributed by atoms with Crippen LogP contribution in [-0.4, -0.2) is 36.6 Å². The van der Waals surface area contributed by atoms with Gasteiger partial charge in [0.05, 0.1) is 11.1 Å². The molecule has 0 N–H and O–H groups in total. The number of amides is 1. The summed E-state index contributed by atoms with van der Waals surface area (Å²) < 4.78 is 6.33. The molecule has 3 nitrogen and oxygen atoms in total. The van der Waals surface area contributed by atoms with Crippen LogP contribution in [0.2, 0.25) is 5.02 Å². The first-order valence-corrected chi connectivity index (χ1v) is 7.65. The standard InChI is InChI=1S/C14H17BrClNO2/c1-2-17(9-11-4-3-7-19-11)14(18)10-5-6-13(16)12(15)8-10/h5-6,8,11H,2-4,7,9H2,1H3. The van der Waals surface area contributed by atoms with Gasteiger partial charge in [0, 0.05) is 29.7 Å². The van der Waals surface area contributed by atoms with E-state index in [9.17, 15) is 4.79 Å². The Balaban J connectivity index is 2.08. The topological polar surface area (TPSA) is 29.5 Å². The first-order valence-electron chi connectivity index (χ1n) is 6.47. The number of nitrogens with zero attached hydrogens (tertiary/aromatic N) is 1. The summed E-state index contributed by atoms with van der Waals surface area (Å²) >= 11 is 9.29. The molecule has 1 unspecified atom stereocenters. The lowest BCUT2D eigenvalue weighted by Gasteiger charge is -2.24. The number of carbonyl (C=O) groups excluding carboxylic acids is 1. The highest BCUT2D eigenvalue weighted by Gasteiger charge is 2.22. The molecule has 5 heteroatoms. The van der Waals surface area contributed by atoms with Gasteiger partial charge in [-0.1, -0.05) is 11.6 Å². The van der Waals surface area contributed by atoms with Gasteiger partial charge in [-0.3, -0.25) is 4.79 Å². The Bertz CT molecular complexity index is 461. The minimum atomic E-state index is 0.0235. The quantitative estimate of drug-likeness (QED) is 0.831. The summed E-state index contributed by atoms with van der Waals surface area (Å²) in [7, 11) is 0. The Hall–Kier alpha value is -0.580. The van der Waals surface area contributed by atoms with Gasteiger partial charge in [-0.2, -0.15) is 0 Å². The van der Waals surface area contributed by atoms with E-state index in [0.717, 1.165) is 23.9 Å². The highest BCUT2D eigenvalue weighted by molar-refractivity contribution is 9.10. The summed E-state index contributed by atoms with van der Waals surface area (Å²) in [6.45, 7) is 4.13. The SMILES string of the molecule is CCN(CC1CCCO1)C(=O)c1ccc(Cl)c(Br)c1. The second kappa shape index (κ2) is 6.73. The van der Waals surface area contributed by atoms with Gasteiger partial charge < -0.3 is 9.64 Å². The van der Waals surface area contributed by atoms with Crippen molar-refractivity contribution in [3.8, 4) is 0 Å². The fraction of sp³-hybridized carbons (Fsp3) is 0.500. The zero-order chi connectivity index (χ0) is 13.8. The van der Waals surface area contributed by atoms with Crippen molar-refractivity contribution in [2.24, 2.45) is 0 Å². The van der Waals surface area contributed by atoms with Crippen molar-refractivity contribution in [3.05, 3.63) is 33.3 Å². The van der Waals surface area contributed by atoms with E-state index in [4.69, 9.17) is 16.3 Å². The van der Waals surface area contributed by atoms with Gasteiger partial charge in [0.2, 0.25) is 0 Å². The van der Waals surface area contributed by atoms with E-state index in [-0.39, 0.29) is 12.0 Å². The van der Waals surface area contributed by atoms with E-state index in [0.29, 0.717) is 23.7 Å². The third-order valence-corrected chi connectivity index (χ3v) is 4.50. The molecule has 1 aliphatic heterocycles. The highest BCUT2D eigenvalue weighted by Crippen LogP contribution is 2.24. The number of halogens is 2. The van der Waals surface area contributed by atoms with Gasteiger partial charge >= 0.3 is 0 Å². The Morgan fingerprint density at radius 1 is 1.58 bits per heavy atom. The van der Waals surface area contributed by atoms with E-state index in [1.54, 1.807) is 18.2 Å². The van der Waals surface area contributed by atoms with E-state index in [1.165, 1.54) is 0 Å². The zero-order valence-electron chi connectivity index (χ0n) is 10.9. The van der Waals surface area contributed by atoms with Crippen LogP contribution in [0.5, 0.6) is 0 Å². The molecule has 1 amide bonds. The number of likely N-dealkylation sites (N-methyl/N-ethyl adjacent to an activating group) is 1. The minimum Gasteiger partial charge on any atom is -0.376 e. The summed E-state index contributed by atoms with van der Waals surface area (Å²) in [5.74, 6) is 0.0235. The predicted octanol–water partition coefficient (Wildman–Crippen LogP) is 3.74. The second-order valence-corrected chi connectivity index (χ2v) is 5.87. The van der Waals surface area contributed by atoms with Crippen LogP contribution in [0.4, 0.5) is 0 Å². The first kappa shape index (κ1) is 14.8. The first-order chi connectivity index (χ1) is 9.11. The Morgan fingerprint density at radius 3 is 2.95 bits per heavy atom. The van der Waals surface area contributed by atoms with Crippen LogP contribution in [0.25, 0.3) is 0 Å². The van der Waals surface area contributed by atoms with Crippen LogP contribution in [0, 0.1) is 0 Å². The molecular weight excluding hydrogens is 330 g/mol. The second-order valence-electron chi connectivity index (χ2n) is 4.61. The summed E-state index contributed by atoms with van der Waals surface area (Å²) in [5, 5.41) is 0.610. The molecule has 1 atom stereocenters. The zero-order valence-corrected chi connectivity index (χ0v) is 13.2. The van der Waals surface area contributed by atoms with E-state index >= 15 is 0 Å². The van der Waals surface area contributed by atoms with E-state index in [2.05, 4.69) is 15.9 Å². The maximum atomic E-state index is 12.4. The van der Waals surface area contributed by atoms with Gasteiger partial charge in [-0.25, -0.2) is 0 Å². The predicted molar refractivity (Wildman–Crippen MR) is 79.7 cm³/mol. The Labute approximate surface area is 127 Å². The minimum absolute atomic E-state index is 0.0235. The summed E-state index contributed by atoms with van der Waals surface area (Å²) in [6, 6.07) is 5.26. The van der Waals surface area contributed by atoms with Crippen molar-refractivity contribution in [1.82, 2.24) is 4.90 Å². The molecule has 0 bridgehead atoms. The van der Waals surface area contributed by atoms with Crippen LogP contribution in [0.1, 0.15) is 30.1 Å². The van der Waals surface area contributed by atoms with Crippen molar-refractivity contribution in [3.63, 3.8) is 0 Å². The van der Waals surface area contributed by atoms with Crippen LogP contribution in [-0.2, 0) is 4.74 Å². The van der Waals surface area contributed by atoms with Crippen LogP contribution in [0.15, 0.2) is 22.7 Å². The molecule has 19 heavy (non-hydrogen) atoms. The molecule has 1 saturated heterocycles. The van der Waals surface area contributed by atoms with E-state index < -0.39 is 0 Å². The Morgan fingerprint density at radius 2 is 2.37 bits per heavy atom. The largest absolute Gasteiger partial charge is 0.376 e. The molecule has 1 fully saturated rings. The molecule has 0 radical (unpaired) electrons.